The standard InChI is InChI=1S/C30H39FN6O2/c1-6-14-32-29-24(20-33-30(35-29)34-26-10-7-9-25(31)19-26)13-12-22-16-23(17-22)18-27(38)21(2)37(5)28(39)11-8-15-36(3)4/h7-11,19-23H,6,14-18H2,1-5H3,(H2,32,33,34,35)/b11-8+/t21-,22?,23?/m0/s1. The summed E-state index contributed by atoms with van der Waals surface area (Å²) in [5.74, 6) is 7.55. The van der Waals surface area contributed by atoms with E-state index in [1.54, 1.807) is 38.4 Å². The van der Waals surface area contributed by atoms with Crippen LogP contribution in [-0.4, -0.2) is 71.7 Å². The van der Waals surface area contributed by atoms with Crippen LogP contribution in [0, 0.1) is 29.5 Å². The van der Waals surface area contributed by atoms with E-state index >= 15 is 0 Å². The zero-order chi connectivity index (χ0) is 28.4. The summed E-state index contributed by atoms with van der Waals surface area (Å²) < 4.78 is 13.5. The van der Waals surface area contributed by atoms with Crippen molar-refractivity contribution >= 4 is 29.1 Å². The Labute approximate surface area is 231 Å². The van der Waals surface area contributed by atoms with E-state index in [0.29, 0.717) is 36.0 Å². The number of anilines is 3. The molecular weight excluding hydrogens is 495 g/mol. The number of hydrogen-bond donors (Lipinski definition) is 2. The fraction of sp³-hybridized carbons (Fsp3) is 0.467. The third-order valence-electron chi connectivity index (χ3n) is 6.67. The first-order chi connectivity index (χ1) is 18.7. The number of Topliss-reactive ketones (excluding diaryl/α,β-unsaturated/α-hetero) is 1. The molecule has 1 aromatic carbocycles. The van der Waals surface area contributed by atoms with Gasteiger partial charge in [0.1, 0.15) is 11.6 Å². The Balaban J connectivity index is 1.54. The van der Waals surface area contributed by atoms with Crippen LogP contribution in [0.1, 0.15) is 45.1 Å². The second-order valence-corrected chi connectivity index (χ2v) is 10.3. The van der Waals surface area contributed by atoms with Gasteiger partial charge in [-0.1, -0.05) is 30.9 Å². The van der Waals surface area contributed by atoms with Crippen molar-refractivity contribution in [2.24, 2.45) is 11.8 Å². The summed E-state index contributed by atoms with van der Waals surface area (Å²) in [6.45, 7) is 5.26. The molecule has 0 aliphatic heterocycles. The summed E-state index contributed by atoms with van der Waals surface area (Å²) in [4.78, 5) is 37.5. The molecule has 0 radical (unpaired) electrons. The van der Waals surface area contributed by atoms with Crippen LogP contribution in [-0.2, 0) is 9.59 Å². The molecule has 39 heavy (non-hydrogen) atoms. The number of likely N-dealkylation sites (N-methyl/N-ethyl adjacent to an activating group) is 2. The lowest BCUT2D eigenvalue weighted by Crippen LogP contribution is -2.41. The van der Waals surface area contributed by atoms with Gasteiger partial charge in [0.15, 0.2) is 5.78 Å². The Morgan fingerprint density at radius 1 is 1.26 bits per heavy atom. The van der Waals surface area contributed by atoms with Crippen molar-refractivity contribution < 1.29 is 14.0 Å². The highest BCUT2D eigenvalue weighted by Crippen LogP contribution is 2.36. The summed E-state index contributed by atoms with van der Waals surface area (Å²) in [7, 11) is 5.54. The van der Waals surface area contributed by atoms with Crippen LogP contribution in [0.25, 0.3) is 0 Å². The molecule has 1 aliphatic rings. The van der Waals surface area contributed by atoms with Gasteiger partial charge in [0.25, 0.3) is 0 Å². The van der Waals surface area contributed by atoms with Gasteiger partial charge in [0.2, 0.25) is 11.9 Å². The Morgan fingerprint density at radius 2 is 2.03 bits per heavy atom. The summed E-state index contributed by atoms with van der Waals surface area (Å²) in [6, 6.07) is 5.67. The van der Waals surface area contributed by atoms with Gasteiger partial charge in [-0.2, -0.15) is 4.98 Å². The number of halogens is 1. The Kier molecular flexibility index (Phi) is 11.0. The van der Waals surface area contributed by atoms with E-state index in [9.17, 15) is 14.0 Å². The molecule has 9 heteroatoms. The summed E-state index contributed by atoms with van der Waals surface area (Å²) in [5, 5.41) is 6.32. The van der Waals surface area contributed by atoms with Crippen molar-refractivity contribution in [2.45, 2.75) is 45.6 Å². The van der Waals surface area contributed by atoms with Gasteiger partial charge in [-0.15, -0.1) is 0 Å². The number of rotatable bonds is 12. The van der Waals surface area contributed by atoms with Gasteiger partial charge in [0, 0.05) is 44.2 Å². The van der Waals surface area contributed by atoms with Gasteiger partial charge in [-0.25, -0.2) is 9.37 Å². The summed E-state index contributed by atoms with van der Waals surface area (Å²) in [5.41, 5.74) is 1.26. The molecule has 1 atom stereocenters. The zero-order valence-electron chi connectivity index (χ0n) is 23.5. The van der Waals surface area contributed by atoms with Gasteiger partial charge in [-0.3, -0.25) is 9.59 Å². The Morgan fingerprint density at radius 3 is 2.72 bits per heavy atom. The molecule has 1 saturated carbocycles. The van der Waals surface area contributed by atoms with Crippen molar-refractivity contribution in [2.75, 3.05) is 44.9 Å². The summed E-state index contributed by atoms with van der Waals surface area (Å²) in [6.07, 6.45) is 8.07. The van der Waals surface area contributed by atoms with Crippen LogP contribution in [0.4, 0.5) is 21.8 Å². The number of amides is 1. The topological polar surface area (TPSA) is 90.5 Å². The molecule has 208 valence electrons. The van der Waals surface area contributed by atoms with Crippen LogP contribution in [0.3, 0.4) is 0 Å². The molecule has 0 bridgehead atoms. The molecule has 0 spiro atoms. The molecule has 1 aliphatic carbocycles. The number of aromatic nitrogens is 2. The van der Waals surface area contributed by atoms with Crippen molar-refractivity contribution in [1.82, 2.24) is 19.8 Å². The average Bonchev–Trinajstić information content (AvgIpc) is 2.88. The van der Waals surface area contributed by atoms with E-state index in [-0.39, 0.29) is 29.3 Å². The maximum absolute atomic E-state index is 13.5. The molecule has 0 unspecified atom stereocenters. The number of carbonyl (C=O) groups is 2. The van der Waals surface area contributed by atoms with Gasteiger partial charge >= 0.3 is 0 Å². The lowest BCUT2D eigenvalue weighted by molar-refractivity contribution is -0.134. The van der Waals surface area contributed by atoms with E-state index < -0.39 is 6.04 Å². The van der Waals surface area contributed by atoms with Crippen molar-refractivity contribution in [3.05, 3.63) is 54.0 Å². The predicted octanol–water partition coefficient (Wildman–Crippen LogP) is 4.48. The Bertz CT molecular complexity index is 1230. The fourth-order valence-corrected chi connectivity index (χ4v) is 4.15. The zero-order valence-corrected chi connectivity index (χ0v) is 23.5. The molecular formula is C30H39FN6O2. The highest BCUT2D eigenvalue weighted by molar-refractivity contribution is 5.93. The van der Waals surface area contributed by atoms with Crippen LogP contribution in [0.15, 0.2) is 42.6 Å². The molecule has 0 saturated heterocycles. The third kappa shape index (κ3) is 9.18. The number of ketones is 1. The van der Waals surface area contributed by atoms with Crippen molar-refractivity contribution in [3.8, 4) is 11.8 Å². The molecule has 1 heterocycles. The highest BCUT2D eigenvalue weighted by atomic mass is 19.1. The van der Waals surface area contributed by atoms with Crippen molar-refractivity contribution in [3.63, 3.8) is 0 Å². The van der Waals surface area contributed by atoms with Gasteiger partial charge < -0.3 is 20.4 Å². The minimum Gasteiger partial charge on any atom is -0.369 e. The first-order valence-electron chi connectivity index (χ1n) is 13.4. The molecule has 2 aromatic rings. The number of nitrogens with zero attached hydrogens (tertiary/aromatic N) is 4. The second kappa shape index (κ2) is 14.4. The number of hydrogen-bond acceptors (Lipinski definition) is 7. The number of nitrogens with one attached hydrogen (secondary N) is 2. The normalized spacial score (nSPS) is 17.2. The molecule has 3 rings (SSSR count). The fourth-order valence-electron chi connectivity index (χ4n) is 4.15. The molecule has 1 aromatic heterocycles. The number of carbonyl (C=O) groups excluding carboxylic acids is 2. The Hall–Kier alpha value is -3.77. The second-order valence-electron chi connectivity index (χ2n) is 10.3. The maximum atomic E-state index is 13.5. The van der Waals surface area contributed by atoms with Crippen LogP contribution in [0.5, 0.6) is 0 Å². The van der Waals surface area contributed by atoms with Gasteiger partial charge in [-0.05, 0) is 64.4 Å². The quantitative estimate of drug-likeness (QED) is 0.306. The first kappa shape index (κ1) is 29.8. The van der Waals surface area contributed by atoms with Gasteiger partial charge in [0.05, 0.1) is 17.8 Å². The van der Waals surface area contributed by atoms with E-state index in [1.165, 1.54) is 23.1 Å². The lowest BCUT2D eigenvalue weighted by Gasteiger charge is -2.33. The van der Waals surface area contributed by atoms with E-state index in [4.69, 9.17) is 0 Å². The minimum absolute atomic E-state index is 0.0732. The van der Waals surface area contributed by atoms with E-state index in [1.807, 2.05) is 19.0 Å². The van der Waals surface area contributed by atoms with E-state index in [2.05, 4.69) is 39.4 Å². The molecule has 2 N–H and O–H groups in total. The van der Waals surface area contributed by atoms with E-state index in [0.717, 1.165) is 25.8 Å². The maximum Gasteiger partial charge on any atom is 0.246 e. The lowest BCUT2D eigenvalue weighted by atomic mass is 9.72. The number of benzene rings is 1. The minimum atomic E-state index is -0.463. The SMILES string of the molecule is CCCNc1nc(Nc2cccc(F)c2)ncc1C#CC1CC(CC(=O)[C@H](C)N(C)C(=O)/C=C/CN(C)C)C1. The first-order valence-corrected chi connectivity index (χ1v) is 13.4. The average molecular weight is 535 g/mol. The van der Waals surface area contributed by atoms with Crippen LogP contribution in [0.2, 0.25) is 0 Å². The van der Waals surface area contributed by atoms with Crippen LogP contribution >= 0.6 is 0 Å². The predicted molar refractivity (Wildman–Crippen MR) is 153 cm³/mol. The smallest absolute Gasteiger partial charge is 0.246 e. The third-order valence-corrected chi connectivity index (χ3v) is 6.67. The monoisotopic (exact) mass is 534 g/mol. The molecule has 1 amide bonds. The molecule has 1 fully saturated rings. The molecule has 8 nitrogen and oxygen atoms in total. The van der Waals surface area contributed by atoms with Crippen molar-refractivity contribution in [1.29, 1.82) is 0 Å². The van der Waals surface area contributed by atoms with Crippen LogP contribution < -0.4 is 10.6 Å². The largest absolute Gasteiger partial charge is 0.369 e. The highest BCUT2D eigenvalue weighted by Gasteiger charge is 2.32. The summed E-state index contributed by atoms with van der Waals surface area (Å²) >= 11 is 0.